The molecule has 3 unspecified atom stereocenters. The molecule has 0 amide bonds. The Labute approximate surface area is 208 Å². The van der Waals surface area contributed by atoms with Crippen LogP contribution < -0.4 is 14.2 Å². The number of ether oxygens (including phenoxy) is 7. The number of benzene rings is 3. The van der Waals surface area contributed by atoms with Crippen LogP contribution in [0.4, 0.5) is 4.79 Å². The summed E-state index contributed by atoms with van der Waals surface area (Å²) < 4.78 is 39.9. The number of aliphatic hydroxyl groups is 1. The van der Waals surface area contributed by atoms with E-state index in [1.807, 2.05) is 30.3 Å². The van der Waals surface area contributed by atoms with E-state index in [-0.39, 0.29) is 6.61 Å². The van der Waals surface area contributed by atoms with E-state index in [1.54, 1.807) is 61.7 Å². The molecule has 0 saturated carbocycles. The second-order valence-electron chi connectivity index (χ2n) is 8.25. The van der Waals surface area contributed by atoms with Crippen molar-refractivity contribution in [1.82, 2.24) is 0 Å². The largest absolute Gasteiger partial charge is 0.514 e. The van der Waals surface area contributed by atoms with Crippen molar-refractivity contribution in [3.8, 4) is 17.2 Å². The van der Waals surface area contributed by atoms with Gasteiger partial charge in [-0.2, -0.15) is 0 Å². The first-order chi connectivity index (χ1) is 17.6. The van der Waals surface area contributed by atoms with Crippen LogP contribution >= 0.6 is 0 Å². The number of methoxy groups -OCH3 is 1. The number of rotatable bonds is 6. The van der Waals surface area contributed by atoms with Crippen LogP contribution in [0.1, 0.15) is 11.9 Å². The minimum atomic E-state index is -1.38. The number of hydrogen-bond acceptors (Lipinski definition) is 9. The highest BCUT2D eigenvalue weighted by atomic mass is 16.8. The third kappa shape index (κ3) is 5.44. The van der Waals surface area contributed by atoms with Gasteiger partial charge in [-0.05, 0) is 36.4 Å². The quantitative estimate of drug-likeness (QED) is 0.404. The number of hydrogen-bond donors (Lipinski definition) is 1. The third-order valence-electron chi connectivity index (χ3n) is 5.87. The monoisotopic (exact) mass is 494 g/mol. The Morgan fingerprint density at radius 2 is 1.53 bits per heavy atom. The van der Waals surface area contributed by atoms with E-state index in [1.165, 1.54) is 0 Å². The molecule has 2 aliphatic rings. The Kier molecular flexibility index (Phi) is 7.33. The number of aliphatic hydroxyl groups excluding tert-OH is 1. The van der Waals surface area contributed by atoms with Crippen molar-refractivity contribution >= 4 is 6.16 Å². The lowest BCUT2D eigenvalue weighted by Crippen LogP contribution is -2.64. The Morgan fingerprint density at radius 3 is 2.22 bits per heavy atom. The minimum absolute atomic E-state index is 0.132. The van der Waals surface area contributed by atoms with Gasteiger partial charge >= 0.3 is 6.16 Å². The van der Waals surface area contributed by atoms with Crippen LogP contribution in [0.5, 0.6) is 17.2 Å². The van der Waals surface area contributed by atoms with Gasteiger partial charge in [-0.3, -0.25) is 0 Å². The fourth-order valence-corrected chi connectivity index (χ4v) is 4.08. The molecule has 0 spiro atoms. The molecular weight excluding hydrogens is 468 g/mol. The molecule has 0 aromatic heterocycles. The number of fused-ring (bicyclic) bond motifs is 1. The molecule has 9 heteroatoms. The summed E-state index contributed by atoms with van der Waals surface area (Å²) in [6.45, 7) is 0.132. The lowest BCUT2D eigenvalue weighted by molar-refractivity contribution is -0.349. The first-order valence-corrected chi connectivity index (χ1v) is 11.5. The molecule has 1 N–H and O–H groups in total. The van der Waals surface area contributed by atoms with Crippen molar-refractivity contribution in [2.24, 2.45) is 0 Å². The summed E-state index contributed by atoms with van der Waals surface area (Å²) in [6.07, 6.45) is -6.91. The molecule has 2 saturated heterocycles. The van der Waals surface area contributed by atoms with E-state index >= 15 is 0 Å². The van der Waals surface area contributed by atoms with Gasteiger partial charge in [0, 0.05) is 5.56 Å². The van der Waals surface area contributed by atoms with Gasteiger partial charge in [-0.25, -0.2) is 4.79 Å². The molecule has 0 bridgehead atoms. The molecule has 3 aromatic rings. The summed E-state index contributed by atoms with van der Waals surface area (Å²) in [5.41, 5.74) is 0.785. The molecule has 2 heterocycles. The van der Waals surface area contributed by atoms with Gasteiger partial charge in [0.1, 0.15) is 29.5 Å². The smallest absolute Gasteiger partial charge is 0.497 e. The molecule has 188 valence electrons. The van der Waals surface area contributed by atoms with E-state index < -0.39 is 43.2 Å². The summed E-state index contributed by atoms with van der Waals surface area (Å²) in [6, 6.07) is 24.6. The minimum Gasteiger partial charge on any atom is -0.497 e. The molecule has 2 fully saturated rings. The molecule has 9 nitrogen and oxygen atoms in total. The topological polar surface area (TPSA) is 102 Å². The molecular formula is C27H26O9. The van der Waals surface area contributed by atoms with Gasteiger partial charge in [0.2, 0.25) is 6.29 Å². The van der Waals surface area contributed by atoms with Crippen molar-refractivity contribution in [1.29, 1.82) is 0 Å². The maximum absolute atomic E-state index is 12.6. The maximum Gasteiger partial charge on any atom is 0.514 e. The van der Waals surface area contributed by atoms with E-state index in [4.69, 9.17) is 33.2 Å². The van der Waals surface area contributed by atoms with Gasteiger partial charge in [0.15, 0.2) is 18.5 Å². The zero-order chi connectivity index (χ0) is 24.9. The molecule has 0 aliphatic carbocycles. The predicted molar refractivity (Wildman–Crippen MR) is 126 cm³/mol. The Bertz CT molecular complexity index is 1120. The van der Waals surface area contributed by atoms with Gasteiger partial charge < -0.3 is 38.3 Å². The summed E-state index contributed by atoms with van der Waals surface area (Å²) >= 11 is 0. The summed E-state index contributed by atoms with van der Waals surface area (Å²) in [5.74, 6) is 1.39. The normalized spacial score (nSPS) is 27.4. The molecule has 6 atom stereocenters. The lowest BCUT2D eigenvalue weighted by atomic mass is 9.97. The maximum atomic E-state index is 12.6. The van der Waals surface area contributed by atoms with Gasteiger partial charge in [-0.15, -0.1) is 0 Å². The zero-order valence-electron chi connectivity index (χ0n) is 19.5. The number of para-hydroxylation sites is 1. The fourth-order valence-electron chi connectivity index (χ4n) is 4.08. The van der Waals surface area contributed by atoms with E-state index in [2.05, 4.69) is 0 Å². The number of carbonyl (C=O) groups excluding carboxylic acids is 1. The van der Waals surface area contributed by atoms with Crippen LogP contribution in [0, 0.1) is 0 Å². The van der Waals surface area contributed by atoms with E-state index in [0.29, 0.717) is 17.2 Å². The average Bonchev–Trinajstić information content (AvgIpc) is 2.92. The highest BCUT2D eigenvalue weighted by molar-refractivity contribution is 5.64. The first kappa shape index (κ1) is 24.1. The van der Waals surface area contributed by atoms with Crippen LogP contribution in [0.15, 0.2) is 84.9 Å². The average molecular weight is 494 g/mol. The molecule has 0 radical (unpaired) electrons. The van der Waals surface area contributed by atoms with Crippen LogP contribution in [0.25, 0.3) is 0 Å². The fraction of sp³-hybridized carbons (Fsp3) is 0.296. The summed E-state index contributed by atoms with van der Waals surface area (Å²) in [4.78, 5) is 12.6. The van der Waals surface area contributed by atoms with Crippen molar-refractivity contribution < 1.29 is 43.1 Å². The van der Waals surface area contributed by atoms with Crippen molar-refractivity contribution in [3.63, 3.8) is 0 Å². The van der Waals surface area contributed by atoms with Crippen LogP contribution in [0.3, 0.4) is 0 Å². The standard InChI is InChI=1S/C27H26O9/c1-30-18-12-14-20(15-13-18)32-26-22(28)24(36-27(29)33-19-10-6-3-7-11-19)23-21(34-26)16-31-25(35-23)17-8-4-2-5-9-17/h2-15,21-26,28H,16H2,1H3/t21?,22-,23-,24?,25?,26+/m0/s1. The Balaban J connectivity index is 1.35. The van der Waals surface area contributed by atoms with Crippen LogP contribution in [-0.2, 0) is 18.9 Å². The second-order valence-corrected chi connectivity index (χ2v) is 8.25. The van der Waals surface area contributed by atoms with E-state index in [9.17, 15) is 9.90 Å². The van der Waals surface area contributed by atoms with Gasteiger partial charge in [0.05, 0.1) is 13.7 Å². The van der Waals surface area contributed by atoms with Crippen molar-refractivity contribution in [2.45, 2.75) is 37.0 Å². The second kappa shape index (κ2) is 11.0. The first-order valence-electron chi connectivity index (χ1n) is 11.5. The molecule has 36 heavy (non-hydrogen) atoms. The molecule has 5 rings (SSSR count). The van der Waals surface area contributed by atoms with Crippen molar-refractivity contribution in [3.05, 3.63) is 90.5 Å². The van der Waals surface area contributed by atoms with Crippen LogP contribution in [-0.4, -0.2) is 55.7 Å². The predicted octanol–water partition coefficient (Wildman–Crippen LogP) is 3.86. The van der Waals surface area contributed by atoms with Crippen molar-refractivity contribution in [2.75, 3.05) is 13.7 Å². The van der Waals surface area contributed by atoms with Gasteiger partial charge in [0.25, 0.3) is 0 Å². The highest BCUT2D eigenvalue weighted by Gasteiger charge is 2.52. The summed E-state index contributed by atoms with van der Waals surface area (Å²) in [7, 11) is 1.56. The molecule has 2 aliphatic heterocycles. The summed E-state index contributed by atoms with van der Waals surface area (Å²) in [5, 5.41) is 11.2. The SMILES string of the molecule is COc1ccc(O[C@@H]2OC3COC(c4ccccc4)O[C@@H]3C(OC(=O)Oc3ccccc3)[C@@H]2O)cc1. The Morgan fingerprint density at radius 1 is 0.861 bits per heavy atom. The zero-order valence-corrected chi connectivity index (χ0v) is 19.5. The molecule has 3 aromatic carbocycles. The third-order valence-corrected chi connectivity index (χ3v) is 5.87. The van der Waals surface area contributed by atoms with Gasteiger partial charge in [-0.1, -0.05) is 48.5 Å². The van der Waals surface area contributed by atoms with Crippen LogP contribution in [0.2, 0.25) is 0 Å². The van der Waals surface area contributed by atoms with E-state index in [0.717, 1.165) is 5.56 Å². The lowest BCUT2D eigenvalue weighted by Gasteiger charge is -2.46. The Hall–Kier alpha value is -3.63. The number of carbonyl (C=O) groups is 1. The highest BCUT2D eigenvalue weighted by Crippen LogP contribution is 2.36.